The summed E-state index contributed by atoms with van der Waals surface area (Å²) in [6.07, 6.45) is 5.29. The highest BCUT2D eigenvalue weighted by molar-refractivity contribution is 7.22. The van der Waals surface area contributed by atoms with Gasteiger partial charge in [-0.25, -0.2) is 4.98 Å². The SMILES string of the molecule is COc1ccc2nc(N(Cc3cccnc3)C(=O)c3ccn(C(C)C)n3)sc2c1. The number of thiazole rings is 1. The highest BCUT2D eigenvalue weighted by atomic mass is 32.1. The maximum atomic E-state index is 13.4. The lowest BCUT2D eigenvalue weighted by molar-refractivity contribution is 0.0979. The molecule has 0 aliphatic rings. The van der Waals surface area contributed by atoms with Crippen LogP contribution in [0.4, 0.5) is 5.13 Å². The summed E-state index contributed by atoms with van der Waals surface area (Å²) in [5.41, 5.74) is 2.13. The molecule has 0 fully saturated rings. The quantitative estimate of drug-likeness (QED) is 0.476. The van der Waals surface area contributed by atoms with Gasteiger partial charge in [0.2, 0.25) is 0 Å². The molecule has 1 amide bonds. The van der Waals surface area contributed by atoms with Crippen LogP contribution in [0.1, 0.15) is 35.9 Å². The molecule has 3 heterocycles. The number of nitrogens with zero attached hydrogens (tertiary/aromatic N) is 5. The van der Waals surface area contributed by atoms with E-state index >= 15 is 0 Å². The van der Waals surface area contributed by atoms with E-state index in [2.05, 4.69) is 15.1 Å². The van der Waals surface area contributed by atoms with Crippen LogP contribution < -0.4 is 9.64 Å². The van der Waals surface area contributed by atoms with Crippen molar-refractivity contribution in [1.82, 2.24) is 19.7 Å². The van der Waals surface area contributed by atoms with Crippen LogP contribution in [0, 0.1) is 0 Å². The number of pyridine rings is 1. The van der Waals surface area contributed by atoms with Crippen molar-refractivity contribution < 1.29 is 9.53 Å². The largest absolute Gasteiger partial charge is 0.497 e. The Kier molecular flexibility index (Phi) is 5.26. The number of anilines is 1. The molecule has 148 valence electrons. The normalized spacial score (nSPS) is 11.2. The monoisotopic (exact) mass is 407 g/mol. The van der Waals surface area contributed by atoms with E-state index in [1.165, 1.54) is 11.3 Å². The second-order valence-electron chi connectivity index (χ2n) is 6.86. The van der Waals surface area contributed by atoms with Crippen LogP contribution in [0.15, 0.2) is 55.0 Å². The number of carbonyl (C=O) groups is 1. The molecule has 0 saturated carbocycles. The van der Waals surface area contributed by atoms with Gasteiger partial charge in [0.05, 0.1) is 23.9 Å². The highest BCUT2D eigenvalue weighted by Gasteiger charge is 2.24. The summed E-state index contributed by atoms with van der Waals surface area (Å²) in [6, 6.07) is 11.4. The van der Waals surface area contributed by atoms with Gasteiger partial charge in [0.25, 0.3) is 5.91 Å². The van der Waals surface area contributed by atoms with E-state index in [0.29, 0.717) is 17.4 Å². The van der Waals surface area contributed by atoms with Crippen LogP contribution in [0.2, 0.25) is 0 Å². The first kappa shape index (κ1) is 19.1. The van der Waals surface area contributed by atoms with E-state index in [9.17, 15) is 4.79 Å². The van der Waals surface area contributed by atoms with Crippen LogP contribution in [0.25, 0.3) is 10.2 Å². The zero-order chi connectivity index (χ0) is 20.4. The zero-order valence-corrected chi connectivity index (χ0v) is 17.3. The van der Waals surface area contributed by atoms with Crippen LogP contribution in [-0.4, -0.2) is 32.8 Å². The second-order valence-corrected chi connectivity index (χ2v) is 7.87. The van der Waals surface area contributed by atoms with E-state index in [-0.39, 0.29) is 11.9 Å². The van der Waals surface area contributed by atoms with Crippen molar-refractivity contribution in [3.63, 3.8) is 0 Å². The third-order valence-electron chi connectivity index (χ3n) is 4.48. The zero-order valence-electron chi connectivity index (χ0n) is 16.4. The van der Waals surface area contributed by atoms with Gasteiger partial charge in [-0.15, -0.1) is 0 Å². The van der Waals surface area contributed by atoms with Gasteiger partial charge in [-0.3, -0.25) is 19.4 Å². The van der Waals surface area contributed by atoms with Crippen molar-refractivity contribution in [2.24, 2.45) is 0 Å². The summed E-state index contributed by atoms with van der Waals surface area (Å²) < 4.78 is 8.04. The average molecular weight is 407 g/mol. The van der Waals surface area contributed by atoms with Crippen molar-refractivity contribution in [2.75, 3.05) is 12.0 Å². The Morgan fingerprint density at radius 2 is 2.14 bits per heavy atom. The number of fused-ring (bicyclic) bond motifs is 1. The predicted molar refractivity (Wildman–Crippen MR) is 114 cm³/mol. The fraction of sp³-hybridized carbons (Fsp3) is 0.238. The van der Waals surface area contributed by atoms with Crippen molar-refractivity contribution in [1.29, 1.82) is 0 Å². The summed E-state index contributed by atoms with van der Waals surface area (Å²) in [7, 11) is 1.63. The van der Waals surface area contributed by atoms with E-state index in [1.807, 2.05) is 50.4 Å². The highest BCUT2D eigenvalue weighted by Crippen LogP contribution is 2.32. The predicted octanol–water partition coefficient (Wildman–Crippen LogP) is 4.32. The average Bonchev–Trinajstić information content (AvgIpc) is 3.39. The molecule has 0 unspecified atom stereocenters. The summed E-state index contributed by atoms with van der Waals surface area (Å²) >= 11 is 1.45. The van der Waals surface area contributed by atoms with Gasteiger partial charge in [-0.05, 0) is 49.7 Å². The number of carbonyl (C=O) groups excluding carboxylic acids is 1. The molecule has 0 radical (unpaired) electrons. The first-order chi connectivity index (χ1) is 14.0. The van der Waals surface area contributed by atoms with Crippen LogP contribution in [0.3, 0.4) is 0 Å². The number of hydrogen-bond donors (Lipinski definition) is 0. The third kappa shape index (κ3) is 3.97. The Labute approximate surface area is 172 Å². The minimum absolute atomic E-state index is 0.179. The van der Waals surface area contributed by atoms with E-state index < -0.39 is 0 Å². The van der Waals surface area contributed by atoms with Crippen molar-refractivity contribution in [3.8, 4) is 5.75 Å². The molecule has 4 rings (SSSR count). The molecule has 4 aromatic rings. The number of amides is 1. The van der Waals surface area contributed by atoms with Crippen molar-refractivity contribution in [2.45, 2.75) is 26.4 Å². The molecule has 0 saturated heterocycles. The van der Waals surface area contributed by atoms with Crippen LogP contribution in [-0.2, 0) is 6.54 Å². The maximum Gasteiger partial charge on any atom is 0.280 e. The minimum atomic E-state index is -0.195. The molecular formula is C21H21N5O2S. The molecule has 0 bridgehead atoms. The topological polar surface area (TPSA) is 73.1 Å². The lowest BCUT2D eigenvalue weighted by Gasteiger charge is -2.18. The Morgan fingerprint density at radius 3 is 2.83 bits per heavy atom. The standard InChI is InChI=1S/C21H21N5O2S/c1-14(2)26-10-8-18(24-26)20(27)25(13-15-5-4-9-22-12-15)21-23-17-7-6-16(28-3)11-19(17)29-21/h4-12,14H,13H2,1-3H3. The van der Waals surface area contributed by atoms with Crippen LogP contribution >= 0.6 is 11.3 Å². The summed E-state index contributed by atoms with van der Waals surface area (Å²) in [4.78, 5) is 23.9. The number of benzene rings is 1. The number of methoxy groups -OCH3 is 1. The number of aromatic nitrogens is 4. The molecule has 0 atom stereocenters. The fourth-order valence-corrected chi connectivity index (χ4v) is 3.91. The number of hydrogen-bond acceptors (Lipinski definition) is 6. The molecule has 0 aliphatic carbocycles. The van der Waals surface area contributed by atoms with Gasteiger partial charge in [0.15, 0.2) is 10.8 Å². The van der Waals surface area contributed by atoms with Gasteiger partial charge >= 0.3 is 0 Å². The molecule has 0 N–H and O–H groups in total. The Hall–Kier alpha value is -3.26. The van der Waals surface area contributed by atoms with Gasteiger partial charge in [-0.1, -0.05) is 17.4 Å². The summed E-state index contributed by atoms with van der Waals surface area (Å²) in [6.45, 7) is 4.41. The first-order valence-corrected chi connectivity index (χ1v) is 10.1. The Balaban J connectivity index is 1.74. The van der Waals surface area contributed by atoms with E-state index in [1.54, 1.807) is 35.2 Å². The van der Waals surface area contributed by atoms with E-state index in [4.69, 9.17) is 4.74 Å². The molecule has 1 aromatic carbocycles. The van der Waals surface area contributed by atoms with Gasteiger partial charge in [0.1, 0.15) is 5.75 Å². The summed E-state index contributed by atoms with van der Waals surface area (Å²) in [5, 5.41) is 5.06. The van der Waals surface area contributed by atoms with Crippen LogP contribution in [0.5, 0.6) is 5.75 Å². The summed E-state index contributed by atoms with van der Waals surface area (Å²) in [5.74, 6) is 0.563. The maximum absolute atomic E-state index is 13.4. The second kappa shape index (κ2) is 8.00. The molecule has 8 heteroatoms. The Morgan fingerprint density at radius 1 is 1.28 bits per heavy atom. The van der Waals surface area contributed by atoms with Crippen molar-refractivity contribution in [3.05, 3.63) is 66.2 Å². The molecule has 7 nitrogen and oxygen atoms in total. The lowest BCUT2D eigenvalue weighted by atomic mass is 10.2. The first-order valence-electron chi connectivity index (χ1n) is 9.25. The fourth-order valence-electron chi connectivity index (χ4n) is 2.91. The molecular weight excluding hydrogens is 386 g/mol. The van der Waals surface area contributed by atoms with Gasteiger partial charge in [-0.2, -0.15) is 5.10 Å². The number of rotatable bonds is 6. The van der Waals surface area contributed by atoms with Crippen molar-refractivity contribution >= 4 is 32.6 Å². The smallest absolute Gasteiger partial charge is 0.280 e. The molecule has 29 heavy (non-hydrogen) atoms. The Bertz CT molecular complexity index is 1140. The molecule has 0 spiro atoms. The van der Waals surface area contributed by atoms with Gasteiger partial charge in [0, 0.05) is 24.6 Å². The van der Waals surface area contributed by atoms with E-state index in [0.717, 1.165) is 21.5 Å². The van der Waals surface area contributed by atoms with Gasteiger partial charge < -0.3 is 4.74 Å². The lowest BCUT2D eigenvalue weighted by Crippen LogP contribution is -2.31. The molecule has 0 aliphatic heterocycles. The minimum Gasteiger partial charge on any atom is -0.497 e. The third-order valence-corrected chi connectivity index (χ3v) is 5.52. The number of ether oxygens (including phenoxy) is 1. The molecule has 3 aromatic heterocycles.